The minimum atomic E-state index is 0.525. The quantitative estimate of drug-likeness (QED) is 0.884. The second-order valence-electron chi connectivity index (χ2n) is 4.59. The molecule has 3 rings (SSSR count). The molecular formula is C13H17N3S. The molecule has 0 aliphatic carbocycles. The minimum absolute atomic E-state index is 0.525. The van der Waals surface area contributed by atoms with Crippen LogP contribution in [0.1, 0.15) is 24.6 Å². The molecule has 3 heterocycles. The summed E-state index contributed by atoms with van der Waals surface area (Å²) in [6.45, 7) is 4.35. The van der Waals surface area contributed by atoms with Crippen LogP contribution >= 0.6 is 11.3 Å². The lowest BCUT2D eigenvalue weighted by Crippen LogP contribution is -2.32. The third-order valence-electron chi connectivity index (χ3n) is 3.31. The van der Waals surface area contributed by atoms with Gasteiger partial charge in [0.25, 0.3) is 0 Å². The number of aromatic nitrogens is 2. The summed E-state index contributed by atoms with van der Waals surface area (Å²) in [7, 11) is 0. The van der Waals surface area contributed by atoms with E-state index in [1.807, 2.05) is 0 Å². The number of hydrogen-bond acceptors (Lipinski definition) is 3. The zero-order valence-corrected chi connectivity index (χ0v) is 10.8. The van der Waals surface area contributed by atoms with Gasteiger partial charge in [0.15, 0.2) is 0 Å². The lowest BCUT2D eigenvalue weighted by Gasteiger charge is -2.24. The van der Waals surface area contributed by atoms with Crippen molar-refractivity contribution in [1.82, 2.24) is 15.1 Å². The first-order valence-electron chi connectivity index (χ1n) is 6.15. The van der Waals surface area contributed by atoms with E-state index in [-0.39, 0.29) is 0 Å². The molecule has 1 atom stereocenters. The Bertz CT molecular complexity index is 481. The molecule has 4 heteroatoms. The fourth-order valence-corrected chi connectivity index (χ4v) is 3.13. The first kappa shape index (κ1) is 11.0. The van der Waals surface area contributed by atoms with Gasteiger partial charge < -0.3 is 5.32 Å². The maximum absolute atomic E-state index is 4.76. The van der Waals surface area contributed by atoms with E-state index in [4.69, 9.17) is 5.10 Å². The largest absolute Gasteiger partial charge is 0.315 e. The molecule has 17 heavy (non-hydrogen) atoms. The molecule has 90 valence electrons. The topological polar surface area (TPSA) is 29.9 Å². The number of hydrogen-bond donors (Lipinski definition) is 1. The molecule has 1 aliphatic heterocycles. The molecular weight excluding hydrogens is 230 g/mol. The molecule has 1 unspecified atom stereocenters. The Kier molecular flexibility index (Phi) is 2.99. The SMILES string of the molecule is Cc1cc(-c2cccs2)nn1C1CCCNC1. The fraction of sp³-hybridized carbons (Fsp3) is 0.462. The Morgan fingerprint density at radius 3 is 3.18 bits per heavy atom. The van der Waals surface area contributed by atoms with Crippen molar-refractivity contribution in [3.05, 3.63) is 29.3 Å². The third kappa shape index (κ3) is 2.15. The summed E-state index contributed by atoms with van der Waals surface area (Å²) in [5.74, 6) is 0. The molecule has 0 bridgehead atoms. The highest BCUT2D eigenvalue weighted by Gasteiger charge is 2.18. The van der Waals surface area contributed by atoms with Gasteiger partial charge in [-0.2, -0.15) is 5.10 Å². The molecule has 3 nitrogen and oxygen atoms in total. The third-order valence-corrected chi connectivity index (χ3v) is 4.21. The molecule has 1 N–H and O–H groups in total. The van der Waals surface area contributed by atoms with E-state index in [1.165, 1.54) is 23.4 Å². The van der Waals surface area contributed by atoms with Crippen molar-refractivity contribution >= 4 is 11.3 Å². The molecule has 0 aromatic carbocycles. The monoisotopic (exact) mass is 247 g/mol. The van der Waals surface area contributed by atoms with Gasteiger partial charge in [-0.05, 0) is 43.8 Å². The Hall–Kier alpha value is -1.13. The van der Waals surface area contributed by atoms with Crippen LogP contribution in [0, 0.1) is 6.92 Å². The summed E-state index contributed by atoms with van der Waals surface area (Å²) in [6, 6.07) is 6.94. The maximum Gasteiger partial charge on any atom is 0.103 e. The summed E-state index contributed by atoms with van der Waals surface area (Å²) in [6.07, 6.45) is 2.48. The van der Waals surface area contributed by atoms with Crippen LogP contribution in [0.5, 0.6) is 0 Å². The smallest absolute Gasteiger partial charge is 0.103 e. The number of rotatable bonds is 2. The van der Waals surface area contributed by atoms with Crippen LogP contribution in [0.4, 0.5) is 0 Å². The van der Waals surface area contributed by atoms with Gasteiger partial charge in [0.1, 0.15) is 5.69 Å². The summed E-state index contributed by atoms with van der Waals surface area (Å²) in [4.78, 5) is 1.26. The number of nitrogens with one attached hydrogen (secondary N) is 1. The Balaban J connectivity index is 1.90. The molecule has 0 saturated carbocycles. The molecule has 1 saturated heterocycles. The van der Waals surface area contributed by atoms with Crippen molar-refractivity contribution in [2.45, 2.75) is 25.8 Å². The van der Waals surface area contributed by atoms with Crippen molar-refractivity contribution < 1.29 is 0 Å². The molecule has 2 aromatic rings. The zero-order valence-electron chi connectivity index (χ0n) is 10.0. The van der Waals surface area contributed by atoms with Gasteiger partial charge in [-0.15, -0.1) is 11.3 Å². The van der Waals surface area contributed by atoms with Gasteiger partial charge in [0.2, 0.25) is 0 Å². The second-order valence-corrected chi connectivity index (χ2v) is 5.54. The molecule has 2 aromatic heterocycles. The summed E-state index contributed by atoms with van der Waals surface area (Å²) in [5.41, 5.74) is 2.38. The summed E-state index contributed by atoms with van der Waals surface area (Å²) in [5, 5.41) is 10.3. The van der Waals surface area contributed by atoms with Crippen LogP contribution in [0.2, 0.25) is 0 Å². The predicted molar refractivity (Wildman–Crippen MR) is 71.4 cm³/mol. The van der Waals surface area contributed by atoms with Gasteiger partial charge in [0, 0.05) is 12.2 Å². The minimum Gasteiger partial charge on any atom is -0.315 e. The Labute approximate surface area is 105 Å². The molecule has 0 amide bonds. The predicted octanol–water partition coefficient (Wildman–Crippen LogP) is 2.84. The van der Waals surface area contributed by atoms with Crippen LogP contribution in [-0.2, 0) is 0 Å². The van der Waals surface area contributed by atoms with E-state index >= 15 is 0 Å². The van der Waals surface area contributed by atoms with E-state index in [0.717, 1.165) is 18.8 Å². The van der Waals surface area contributed by atoms with E-state index in [2.05, 4.69) is 40.5 Å². The normalized spacial score (nSPS) is 20.6. The van der Waals surface area contributed by atoms with Crippen LogP contribution in [-0.4, -0.2) is 22.9 Å². The Morgan fingerprint density at radius 2 is 2.47 bits per heavy atom. The van der Waals surface area contributed by atoms with Crippen LogP contribution < -0.4 is 5.32 Å². The molecule has 1 fully saturated rings. The van der Waals surface area contributed by atoms with Gasteiger partial charge in [-0.25, -0.2) is 0 Å². The van der Waals surface area contributed by atoms with Gasteiger partial charge in [-0.3, -0.25) is 4.68 Å². The van der Waals surface area contributed by atoms with Crippen molar-refractivity contribution in [3.63, 3.8) is 0 Å². The standard InChI is InChI=1S/C13H17N3S/c1-10-8-12(13-5-3-7-17-13)15-16(10)11-4-2-6-14-9-11/h3,5,7-8,11,14H,2,4,6,9H2,1H3. The van der Waals surface area contributed by atoms with Crippen LogP contribution in [0.15, 0.2) is 23.6 Å². The fourth-order valence-electron chi connectivity index (χ4n) is 2.44. The highest BCUT2D eigenvalue weighted by atomic mass is 32.1. The molecule has 1 aliphatic rings. The van der Waals surface area contributed by atoms with Crippen molar-refractivity contribution in [3.8, 4) is 10.6 Å². The van der Waals surface area contributed by atoms with E-state index in [9.17, 15) is 0 Å². The van der Waals surface area contributed by atoms with Crippen molar-refractivity contribution in [2.75, 3.05) is 13.1 Å². The first-order valence-corrected chi connectivity index (χ1v) is 7.03. The van der Waals surface area contributed by atoms with E-state index in [1.54, 1.807) is 11.3 Å². The highest BCUT2D eigenvalue weighted by molar-refractivity contribution is 7.13. The zero-order chi connectivity index (χ0) is 11.7. The van der Waals surface area contributed by atoms with Crippen LogP contribution in [0.3, 0.4) is 0 Å². The van der Waals surface area contributed by atoms with Gasteiger partial charge >= 0.3 is 0 Å². The van der Waals surface area contributed by atoms with Gasteiger partial charge in [-0.1, -0.05) is 6.07 Å². The van der Waals surface area contributed by atoms with Gasteiger partial charge in [0.05, 0.1) is 10.9 Å². The number of nitrogens with zero attached hydrogens (tertiary/aromatic N) is 2. The maximum atomic E-state index is 4.76. The van der Waals surface area contributed by atoms with E-state index in [0.29, 0.717) is 6.04 Å². The lowest BCUT2D eigenvalue weighted by molar-refractivity contribution is 0.342. The highest BCUT2D eigenvalue weighted by Crippen LogP contribution is 2.26. The Morgan fingerprint density at radius 1 is 1.53 bits per heavy atom. The van der Waals surface area contributed by atoms with Crippen LogP contribution in [0.25, 0.3) is 10.6 Å². The van der Waals surface area contributed by atoms with E-state index < -0.39 is 0 Å². The van der Waals surface area contributed by atoms with Crippen molar-refractivity contribution in [1.29, 1.82) is 0 Å². The lowest BCUT2D eigenvalue weighted by atomic mass is 10.1. The molecule has 0 spiro atoms. The summed E-state index contributed by atoms with van der Waals surface area (Å²) < 4.78 is 2.20. The molecule has 0 radical (unpaired) electrons. The number of aryl methyl sites for hydroxylation is 1. The first-order chi connectivity index (χ1) is 8.34. The average Bonchev–Trinajstić information content (AvgIpc) is 2.99. The number of piperidine rings is 1. The van der Waals surface area contributed by atoms with Crippen molar-refractivity contribution in [2.24, 2.45) is 0 Å². The summed E-state index contributed by atoms with van der Waals surface area (Å²) >= 11 is 1.75. The second kappa shape index (κ2) is 4.63. The average molecular weight is 247 g/mol. The number of thiophene rings is 1.